The molecule has 1 heterocycles. The highest BCUT2D eigenvalue weighted by Gasteiger charge is 2.67. The molecular weight excluding hydrogens is 202 g/mol. The van der Waals surface area contributed by atoms with E-state index in [4.69, 9.17) is 0 Å². The highest BCUT2D eigenvalue weighted by atomic mass is 16.3. The molecule has 0 spiro atoms. The summed E-state index contributed by atoms with van der Waals surface area (Å²) in [5.41, 5.74) is 0.888. The molecule has 0 saturated heterocycles. The van der Waals surface area contributed by atoms with Crippen LogP contribution in [-0.2, 0) is 7.05 Å². The summed E-state index contributed by atoms with van der Waals surface area (Å²) >= 11 is 0. The van der Waals surface area contributed by atoms with Crippen LogP contribution in [0.15, 0.2) is 6.20 Å². The Hall–Kier alpha value is -0.900. The fourth-order valence-electron chi connectivity index (χ4n) is 4.58. The van der Waals surface area contributed by atoms with Crippen LogP contribution >= 0.6 is 0 Å². The summed E-state index contributed by atoms with van der Waals surface area (Å²) in [6.45, 7) is 0. The minimum atomic E-state index is -0.335. The van der Waals surface area contributed by atoms with Gasteiger partial charge in [-0.25, -0.2) is 4.68 Å². The first-order valence-corrected chi connectivity index (χ1v) is 6.30. The molecule has 0 radical (unpaired) electrons. The molecule has 0 aliphatic heterocycles. The zero-order valence-corrected chi connectivity index (χ0v) is 9.45. The topological polar surface area (TPSA) is 50.9 Å². The first-order valence-electron chi connectivity index (χ1n) is 6.30. The number of rotatable bonds is 2. The van der Waals surface area contributed by atoms with Crippen molar-refractivity contribution in [3.63, 3.8) is 0 Å². The van der Waals surface area contributed by atoms with Crippen molar-refractivity contribution in [1.29, 1.82) is 0 Å². The number of aliphatic hydroxyl groups is 1. The van der Waals surface area contributed by atoms with Gasteiger partial charge in [0.05, 0.1) is 11.9 Å². The van der Waals surface area contributed by atoms with E-state index in [2.05, 4.69) is 10.3 Å². The predicted molar refractivity (Wildman–Crippen MR) is 57.3 cm³/mol. The maximum Gasteiger partial charge on any atom is 0.101 e. The van der Waals surface area contributed by atoms with Gasteiger partial charge in [0, 0.05) is 7.05 Å². The van der Waals surface area contributed by atoms with Crippen LogP contribution in [0.1, 0.15) is 31.1 Å². The molecule has 0 amide bonds. The zero-order chi connectivity index (χ0) is 10.9. The average molecular weight is 219 g/mol. The SMILES string of the molecule is Cn1nncc1C(O)C1C2C3CCC(C3)C21. The van der Waals surface area contributed by atoms with Gasteiger partial charge in [0.15, 0.2) is 0 Å². The Labute approximate surface area is 94.7 Å². The lowest BCUT2D eigenvalue weighted by atomic mass is 9.97. The van der Waals surface area contributed by atoms with Gasteiger partial charge >= 0.3 is 0 Å². The third-order valence-corrected chi connectivity index (χ3v) is 5.21. The van der Waals surface area contributed by atoms with E-state index >= 15 is 0 Å². The molecule has 1 aromatic heterocycles. The summed E-state index contributed by atoms with van der Waals surface area (Å²) in [7, 11) is 1.86. The van der Waals surface area contributed by atoms with Crippen LogP contribution in [0.25, 0.3) is 0 Å². The van der Waals surface area contributed by atoms with E-state index in [0.29, 0.717) is 5.92 Å². The average Bonchev–Trinajstić information content (AvgIpc) is 2.67. The van der Waals surface area contributed by atoms with Crippen LogP contribution in [0.5, 0.6) is 0 Å². The van der Waals surface area contributed by atoms with E-state index in [1.807, 2.05) is 7.05 Å². The van der Waals surface area contributed by atoms with Crippen LogP contribution in [-0.4, -0.2) is 20.1 Å². The first kappa shape index (κ1) is 9.16. The third kappa shape index (κ3) is 0.986. The lowest BCUT2D eigenvalue weighted by Gasteiger charge is -2.14. The first-order chi connectivity index (χ1) is 7.77. The lowest BCUT2D eigenvalue weighted by molar-refractivity contribution is 0.121. The molecule has 1 aromatic rings. The second-order valence-corrected chi connectivity index (χ2v) is 5.79. The highest BCUT2D eigenvalue weighted by Crippen LogP contribution is 2.72. The van der Waals surface area contributed by atoms with E-state index in [9.17, 15) is 5.11 Å². The van der Waals surface area contributed by atoms with Crippen LogP contribution in [0.2, 0.25) is 0 Å². The normalized spacial score (nSPS) is 45.8. The molecule has 4 nitrogen and oxygen atoms in total. The van der Waals surface area contributed by atoms with Crippen LogP contribution in [0.3, 0.4) is 0 Å². The van der Waals surface area contributed by atoms with E-state index < -0.39 is 0 Å². The Bertz CT molecular complexity index is 414. The lowest BCUT2D eigenvalue weighted by Crippen LogP contribution is -2.12. The van der Waals surface area contributed by atoms with Crippen LogP contribution in [0, 0.1) is 29.6 Å². The Morgan fingerprint density at radius 1 is 1.38 bits per heavy atom. The van der Waals surface area contributed by atoms with Gasteiger partial charge in [-0.15, -0.1) is 5.10 Å². The minimum Gasteiger partial charge on any atom is -0.386 e. The number of hydrogen-bond acceptors (Lipinski definition) is 3. The van der Waals surface area contributed by atoms with E-state index in [-0.39, 0.29) is 6.10 Å². The van der Waals surface area contributed by atoms with Crippen molar-refractivity contribution in [3.05, 3.63) is 11.9 Å². The van der Waals surface area contributed by atoms with E-state index in [1.54, 1.807) is 10.9 Å². The van der Waals surface area contributed by atoms with Crippen LogP contribution in [0.4, 0.5) is 0 Å². The summed E-state index contributed by atoms with van der Waals surface area (Å²) in [5.74, 6) is 3.95. The zero-order valence-electron chi connectivity index (χ0n) is 9.45. The summed E-state index contributed by atoms with van der Waals surface area (Å²) in [6, 6.07) is 0. The maximum absolute atomic E-state index is 10.4. The Balaban J connectivity index is 1.59. The van der Waals surface area contributed by atoms with E-state index in [1.165, 1.54) is 19.3 Å². The van der Waals surface area contributed by atoms with Gasteiger partial charge in [0.25, 0.3) is 0 Å². The molecule has 86 valence electrons. The molecule has 3 aliphatic rings. The standard InChI is InChI=1S/C12H17N3O/c1-15-8(5-13-14-15)12(16)11-9-6-2-3-7(4-6)10(9)11/h5-7,9-12,16H,2-4H2,1H3. The Morgan fingerprint density at radius 3 is 2.62 bits per heavy atom. The summed E-state index contributed by atoms with van der Waals surface area (Å²) in [4.78, 5) is 0. The van der Waals surface area contributed by atoms with Gasteiger partial charge in [0.2, 0.25) is 0 Å². The predicted octanol–water partition coefficient (Wildman–Crippen LogP) is 1.14. The summed E-state index contributed by atoms with van der Waals surface area (Å²) in [6.07, 6.45) is 5.61. The number of aromatic nitrogens is 3. The fraction of sp³-hybridized carbons (Fsp3) is 0.833. The molecule has 0 aromatic carbocycles. The van der Waals surface area contributed by atoms with Gasteiger partial charge in [-0.2, -0.15) is 0 Å². The smallest absolute Gasteiger partial charge is 0.101 e. The Kier molecular flexibility index (Phi) is 1.64. The van der Waals surface area contributed by atoms with Gasteiger partial charge in [-0.1, -0.05) is 5.21 Å². The van der Waals surface area contributed by atoms with Crippen molar-refractivity contribution in [3.8, 4) is 0 Å². The highest BCUT2D eigenvalue weighted by molar-refractivity contribution is 5.18. The number of aliphatic hydroxyl groups excluding tert-OH is 1. The molecule has 1 N–H and O–H groups in total. The second kappa shape index (κ2) is 2.86. The van der Waals surface area contributed by atoms with Crippen molar-refractivity contribution in [2.75, 3.05) is 0 Å². The monoisotopic (exact) mass is 219 g/mol. The van der Waals surface area contributed by atoms with Crippen molar-refractivity contribution in [2.45, 2.75) is 25.4 Å². The molecule has 4 heteroatoms. The molecule has 2 bridgehead atoms. The minimum absolute atomic E-state index is 0.335. The molecule has 5 atom stereocenters. The van der Waals surface area contributed by atoms with Crippen molar-refractivity contribution in [1.82, 2.24) is 15.0 Å². The van der Waals surface area contributed by atoms with E-state index in [0.717, 1.165) is 29.4 Å². The molecule has 3 saturated carbocycles. The fourth-order valence-corrected chi connectivity index (χ4v) is 4.58. The van der Waals surface area contributed by atoms with Gasteiger partial charge in [0.1, 0.15) is 6.10 Å². The number of nitrogens with zero attached hydrogens (tertiary/aromatic N) is 3. The summed E-state index contributed by atoms with van der Waals surface area (Å²) in [5, 5.41) is 18.2. The third-order valence-electron chi connectivity index (χ3n) is 5.21. The van der Waals surface area contributed by atoms with Crippen LogP contribution < -0.4 is 0 Å². The van der Waals surface area contributed by atoms with Crippen molar-refractivity contribution >= 4 is 0 Å². The molecule has 5 unspecified atom stereocenters. The number of aryl methyl sites for hydroxylation is 1. The second-order valence-electron chi connectivity index (χ2n) is 5.79. The Morgan fingerprint density at radius 2 is 2.06 bits per heavy atom. The molecule has 16 heavy (non-hydrogen) atoms. The maximum atomic E-state index is 10.4. The summed E-state index contributed by atoms with van der Waals surface area (Å²) < 4.78 is 1.71. The van der Waals surface area contributed by atoms with Gasteiger partial charge < -0.3 is 5.11 Å². The molecule has 3 fully saturated rings. The largest absolute Gasteiger partial charge is 0.386 e. The molecule has 3 aliphatic carbocycles. The van der Waals surface area contributed by atoms with Gasteiger partial charge in [-0.3, -0.25) is 0 Å². The van der Waals surface area contributed by atoms with Crippen molar-refractivity contribution < 1.29 is 5.11 Å². The van der Waals surface area contributed by atoms with Gasteiger partial charge in [-0.05, 0) is 48.9 Å². The quantitative estimate of drug-likeness (QED) is 0.811. The number of fused-ring (bicyclic) bond motifs is 5. The number of hydrogen-bond donors (Lipinski definition) is 1. The molecular formula is C12H17N3O. The van der Waals surface area contributed by atoms with Crippen molar-refractivity contribution in [2.24, 2.45) is 36.6 Å². The molecule has 4 rings (SSSR count).